The van der Waals surface area contributed by atoms with E-state index in [2.05, 4.69) is 21.1 Å². The lowest BCUT2D eigenvalue weighted by Gasteiger charge is -2.28. The van der Waals surface area contributed by atoms with Gasteiger partial charge in [-0.2, -0.15) is 10.4 Å². The standard InChI is InChI=1S/C13H16N6O3/c1-7-12(2,21)9(4-20)22-13(7,5-14)8-3-16-11-10(15)17-6-18-19(8)11/h3,6-7,9,20-21H,4H2,1-2H3,(H2,15,17,18). The molecule has 0 aliphatic carbocycles. The lowest BCUT2D eigenvalue weighted by atomic mass is 9.77. The summed E-state index contributed by atoms with van der Waals surface area (Å²) in [5.74, 6) is -0.455. The molecule has 0 radical (unpaired) electrons. The Labute approximate surface area is 126 Å². The molecule has 4 unspecified atom stereocenters. The van der Waals surface area contributed by atoms with E-state index in [0.29, 0.717) is 11.3 Å². The van der Waals surface area contributed by atoms with Crippen LogP contribution in [0.3, 0.4) is 0 Å². The molecule has 1 aliphatic rings. The van der Waals surface area contributed by atoms with E-state index >= 15 is 0 Å². The average Bonchev–Trinajstić information content (AvgIpc) is 3.01. The van der Waals surface area contributed by atoms with E-state index in [1.807, 2.05) is 0 Å². The maximum absolute atomic E-state index is 10.6. The van der Waals surface area contributed by atoms with Crippen molar-refractivity contribution in [2.75, 3.05) is 12.3 Å². The van der Waals surface area contributed by atoms with Gasteiger partial charge in [-0.25, -0.2) is 14.5 Å². The Morgan fingerprint density at radius 1 is 1.55 bits per heavy atom. The molecule has 4 atom stereocenters. The molecule has 0 bridgehead atoms. The van der Waals surface area contributed by atoms with Crippen molar-refractivity contribution in [2.24, 2.45) is 5.92 Å². The monoisotopic (exact) mass is 304 g/mol. The van der Waals surface area contributed by atoms with Crippen molar-refractivity contribution < 1.29 is 14.9 Å². The Balaban J connectivity index is 2.23. The van der Waals surface area contributed by atoms with Crippen LogP contribution in [0.25, 0.3) is 5.65 Å². The molecule has 9 heteroatoms. The molecular weight excluding hydrogens is 288 g/mol. The SMILES string of the molecule is CC1C(C#N)(c2cnc3c(N)ncnn23)OC(CO)C1(C)O. The molecule has 116 valence electrons. The van der Waals surface area contributed by atoms with Crippen molar-refractivity contribution in [3.63, 3.8) is 0 Å². The van der Waals surface area contributed by atoms with Gasteiger partial charge in [0.2, 0.25) is 5.60 Å². The summed E-state index contributed by atoms with van der Waals surface area (Å²) in [6.07, 6.45) is 1.78. The van der Waals surface area contributed by atoms with Gasteiger partial charge in [0.25, 0.3) is 0 Å². The summed E-state index contributed by atoms with van der Waals surface area (Å²) in [7, 11) is 0. The Hall–Kier alpha value is -2.28. The summed E-state index contributed by atoms with van der Waals surface area (Å²) in [6.45, 7) is 2.81. The van der Waals surface area contributed by atoms with Crippen LogP contribution in [-0.2, 0) is 10.3 Å². The average molecular weight is 304 g/mol. The lowest BCUT2D eigenvalue weighted by Crippen LogP contribution is -2.43. The topological polar surface area (TPSA) is 143 Å². The number of nitrogens with zero attached hydrogens (tertiary/aromatic N) is 5. The Kier molecular flexibility index (Phi) is 3.07. The van der Waals surface area contributed by atoms with E-state index in [1.165, 1.54) is 24.0 Å². The van der Waals surface area contributed by atoms with Crippen molar-refractivity contribution in [1.82, 2.24) is 19.6 Å². The van der Waals surface area contributed by atoms with Gasteiger partial charge < -0.3 is 20.7 Å². The molecule has 2 aromatic rings. The number of aliphatic hydroxyl groups excluding tert-OH is 1. The minimum absolute atomic E-state index is 0.172. The smallest absolute Gasteiger partial charge is 0.203 e. The molecule has 22 heavy (non-hydrogen) atoms. The molecule has 1 fully saturated rings. The largest absolute Gasteiger partial charge is 0.394 e. The molecular formula is C13H16N6O3. The van der Waals surface area contributed by atoms with Crippen LogP contribution in [0.1, 0.15) is 19.5 Å². The van der Waals surface area contributed by atoms with Crippen molar-refractivity contribution >= 4 is 11.5 Å². The number of hydrogen-bond donors (Lipinski definition) is 3. The number of hydrogen-bond acceptors (Lipinski definition) is 8. The number of imidazole rings is 1. The number of aromatic nitrogens is 4. The number of fused-ring (bicyclic) bond motifs is 1. The van der Waals surface area contributed by atoms with Crippen LogP contribution in [0.15, 0.2) is 12.5 Å². The van der Waals surface area contributed by atoms with Crippen LogP contribution in [-0.4, -0.2) is 48.1 Å². The van der Waals surface area contributed by atoms with E-state index in [0.717, 1.165) is 0 Å². The third kappa shape index (κ3) is 1.65. The molecule has 3 heterocycles. The number of ether oxygens (including phenoxy) is 1. The molecule has 0 spiro atoms. The quantitative estimate of drug-likeness (QED) is 0.654. The first kappa shape index (κ1) is 14.6. The van der Waals surface area contributed by atoms with Gasteiger partial charge >= 0.3 is 0 Å². The molecule has 3 rings (SSSR count). The second-order valence-corrected chi connectivity index (χ2v) is 5.61. The second kappa shape index (κ2) is 4.61. The molecule has 4 N–H and O–H groups in total. The van der Waals surface area contributed by atoms with E-state index in [1.54, 1.807) is 6.92 Å². The Morgan fingerprint density at radius 2 is 2.27 bits per heavy atom. The van der Waals surface area contributed by atoms with Gasteiger partial charge in [0, 0.05) is 5.92 Å². The summed E-state index contributed by atoms with van der Waals surface area (Å²) >= 11 is 0. The van der Waals surface area contributed by atoms with Crippen LogP contribution in [0.5, 0.6) is 0 Å². The van der Waals surface area contributed by atoms with Gasteiger partial charge in [-0.3, -0.25) is 0 Å². The van der Waals surface area contributed by atoms with Crippen LogP contribution in [0, 0.1) is 17.2 Å². The number of nitriles is 1. The van der Waals surface area contributed by atoms with Crippen LogP contribution < -0.4 is 5.73 Å². The summed E-state index contributed by atoms with van der Waals surface area (Å²) in [5, 5.41) is 33.8. The second-order valence-electron chi connectivity index (χ2n) is 5.61. The van der Waals surface area contributed by atoms with Crippen LogP contribution >= 0.6 is 0 Å². The van der Waals surface area contributed by atoms with Crippen LogP contribution in [0.4, 0.5) is 5.82 Å². The fourth-order valence-electron chi connectivity index (χ4n) is 2.91. The van der Waals surface area contributed by atoms with Gasteiger partial charge in [0.15, 0.2) is 11.5 Å². The highest BCUT2D eigenvalue weighted by molar-refractivity contribution is 5.59. The van der Waals surface area contributed by atoms with Crippen molar-refractivity contribution in [3.05, 3.63) is 18.2 Å². The summed E-state index contributed by atoms with van der Waals surface area (Å²) in [5.41, 5.74) is 3.50. The molecule has 0 aromatic carbocycles. The van der Waals surface area contributed by atoms with Gasteiger partial charge in [0.1, 0.15) is 24.2 Å². The highest BCUT2D eigenvalue weighted by Crippen LogP contribution is 2.48. The van der Waals surface area contributed by atoms with Crippen molar-refractivity contribution in [3.8, 4) is 6.07 Å². The fraction of sp³-hybridized carbons (Fsp3) is 0.538. The Morgan fingerprint density at radius 3 is 2.86 bits per heavy atom. The zero-order chi connectivity index (χ0) is 16.1. The number of rotatable bonds is 2. The summed E-state index contributed by atoms with van der Waals surface area (Å²) in [6, 6.07) is 2.11. The molecule has 1 aliphatic heterocycles. The highest BCUT2D eigenvalue weighted by Gasteiger charge is 2.61. The number of nitrogen functional groups attached to an aromatic ring is 1. The van der Waals surface area contributed by atoms with Crippen molar-refractivity contribution in [1.29, 1.82) is 5.26 Å². The first-order valence-corrected chi connectivity index (χ1v) is 6.75. The maximum atomic E-state index is 10.6. The predicted octanol–water partition coefficient (Wildman–Crippen LogP) is -0.796. The third-order valence-corrected chi connectivity index (χ3v) is 4.51. The van der Waals surface area contributed by atoms with Gasteiger partial charge in [0.05, 0.1) is 18.4 Å². The number of anilines is 1. The molecule has 1 saturated heterocycles. The first-order valence-electron chi connectivity index (χ1n) is 6.75. The summed E-state index contributed by atoms with van der Waals surface area (Å²) < 4.78 is 7.12. The fourth-order valence-corrected chi connectivity index (χ4v) is 2.91. The maximum Gasteiger partial charge on any atom is 0.203 e. The third-order valence-electron chi connectivity index (χ3n) is 4.51. The molecule has 0 amide bonds. The minimum Gasteiger partial charge on any atom is -0.394 e. The zero-order valence-corrected chi connectivity index (χ0v) is 12.1. The Bertz CT molecular complexity index is 767. The molecule has 0 saturated carbocycles. The van der Waals surface area contributed by atoms with Gasteiger partial charge in [-0.05, 0) is 6.92 Å². The normalized spacial score (nSPS) is 34.9. The van der Waals surface area contributed by atoms with Crippen molar-refractivity contribution in [2.45, 2.75) is 31.2 Å². The molecule has 9 nitrogen and oxygen atoms in total. The lowest BCUT2D eigenvalue weighted by molar-refractivity contribution is -0.0795. The van der Waals surface area contributed by atoms with E-state index in [4.69, 9.17) is 10.5 Å². The van der Waals surface area contributed by atoms with E-state index < -0.39 is 29.8 Å². The number of aliphatic hydroxyl groups is 2. The van der Waals surface area contributed by atoms with Gasteiger partial charge in [-0.15, -0.1) is 0 Å². The first-order chi connectivity index (χ1) is 10.4. The summed E-state index contributed by atoms with van der Waals surface area (Å²) in [4.78, 5) is 7.97. The zero-order valence-electron chi connectivity index (χ0n) is 12.1. The van der Waals surface area contributed by atoms with E-state index in [-0.39, 0.29) is 5.82 Å². The van der Waals surface area contributed by atoms with Crippen LogP contribution in [0.2, 0.25) is 0 Å². The minimum atomic E-state index is -1.50. The predicted molar refractivity (Wildman–Crippen MR) is 74.2 cm³/mol. The highest BCUT2D eigenvalue weighted by atomic mass is 16.5. The van der Waals surface area contributed by atoms with Gasteiger partial charge in [-0.1, -0.05) is 6.92 Å². The van der Waals surface area contributed by atoms with E-state index in [9.17, 15) is 15.5 Å². The molecule has 2 aromatic heterocycles. The number of nitrogens with two attached hydrogens (primary N) is 1.